The highest BCUT2D eigenvalue weighted by Crippen LogP contribution is 2.44. The molecule has 0 radical (unpaired) electrons. The minimum atomic E-state index is -2.73. The lowest BCUT2D eigenvalue weighted by atomic mass is 10.1. The van der Waals surface area contributed by atoms with Crippen LogP contribution in [0.5, 0.6) is 11.5 Å². The molecule has 2 aliphatic rings. The zero-order chi connectivity index (χ0) is 19.7. The van der Waals surface area contributed by atoms with Gasteiger partial charge in [0.15, 0.2) is 6.10 Å². The van der Waals surface area contributed by atoms with E-state index in [2.05, 4.69) is 4.98 Å². The fourth-order valence-electron chi connectivity index (χ4n) is 3.41. The van der Waals surface area contributed by atoms with Crippen molar-refractivity contribution in [1.82, 2.24) is 9.88 Å². The van der Waals surface area contributed by atoms with E-state index in [0.717, 1.165) is 24.3 Å². The minimum Gasteiger partial charge on any atom is -0.490 e. The lowest BCUT2D eigenvalue weighted by molar-refractivity contribution is 0.0660. The Morgan fingerprint density at radius 2 is 2.04 bits per heavy atom. The van der Waals surface area contributed by atoms with Crippen LogP contribution < -0.4 is 9.47 Å². The number of alkyl halides is 2. The number of carbonyl (C=O) groups excluding carboxylic acids is 1. The van der Waals surface area contributed by atoms with Crippen LogP contribution in [0.1, 0.15) is 35.3 Å². The molecule has 2 atom stereocenters. The van der Waals surface area contributed by atoms with Crippen molar-refractivity contribution in [2.24, 2.45) is 0 Å². The van der Waals surface area contributed by atoms with E-state index in [1.807, 2.05) is 24.0 Å². The number of likely N-dealkylation sites (tertiary alicyclic amines) is 1. The summed E-state index contributed by atoms with van der Waals surface area (Å²) >= 11 is 0. The fourth-order valence-corrected chi connectivity index (χ4v) is 3.41. The highest BCUT2D eigenvalue weighted by Gasteiger charge is 2.59. The molecule has 28 heavy (non-hydrogen) atoms. The highest BCUT2D eigenvalue weighted by molar-refractivity contribution is 5.94. The molecule has 1 saturated carbocycles. The second-order valence-electron chi connectivity index (χ2n) is 7.29. The molecule has 1 aliphatic heterocycles. The van der Waals surface area contributed by atoms with Crippen LogP contribution in [0.3, 0.4) is 0 Å². The molecule has 1 aliphatic carbocycles. The Balaban J connectivity index is 1.37. The molecule has 148 valence electrons. The second-order valence-corrected chi connectivity index (χ2v) is 7.29. The van der Waals surface area contributed by atoms with Gasteiger partial charge >= 0.3 is 0 Å². The molecule has 2 aromatic rings. The van der Waals surface area contributed by atoms with Crippen molar-refractivity contribution >= 4 is 5.91 Å². The summed E-state index contributed by atoms with van der Waals surface area (Å²) in [5.41, 5.74) is 1.33. The van der Waals surface area contributed by atoms with Gasteiger partial charge in [0.1, 0.15) is 18.1 Å². The van der Waals surface area contributed by atoms with Crippen LogP contribution >= 0.6 is 0 Å². The van der Waals surface area contributed by atoms with Crippen LogP contribution in [-0.4, -0.2) is 47.0 Å². The van der Waals surface area contributed by atoms with Crippen molar-refractivity contribution in [2.45, 2.75) is 44.3 Å². The summed E-state index contributed by atoms with van der Waals surface area (Å²) < 4.78 is 37.0. The first-order valence-corrected chi connectivity index (χ1v) is 9.44. The van der Waals surface area contributed by atoms with Gasteiger partial charge in [-0.15, -0.1) is 0 Å². The monoisotopic (exact) mass is 388 g/mol. The third-order valence-electron chi connectivity index (χ3n) is 5.18. The average Bonchev–Trinajstić information content (AvgIpc) is 3.06. The molecule has 1 amide bonds. The van der Waals surface area contributed by atoms with E-state index in [1.165, 1.54) is 0 Å². The molecule has 5 nitrogen and oxygen atoms in total. The summed E-state index contributed by atoms with van der Waals surface area (Å²) in [4.78, 5) is 18.9. The lowest BCUT2D eigenvalue weighted by Gasteiger charge is -2.25. The van der Waals surface area contributed by atoms with E-state index < -0.39 is 12.0 Å². The van der Waals surface area contributed by atoms with Gasteiger partial charge in [-0.3, -0.25) is 9.78 Å². The summed E-state index contributed by atoms with van der Waals surface area (Å²) in [6, 6.07) is 10.1. The van der Waals surface area contributed by atoms with Gasteiger partial charge in [0.2, 0.25) is 0 Å². The molecule has 2 fully saturated rings. The molecule has 4 rings (SSSR count). The number of benzene rings is 1. The van der Waals surface area contributed by atoms with Gasteiger partial charge in [-0.2, -0.15) is 0 Å². The summed E-state index contributed by atoms with van der Waals surface area (Å²) in [7, 11) is 0. The first-order chi connectivity index (χ1) is 13.4. The number of rotatable bonds is 6. The van der Waals surface area contributed by atoms with Gasteiger partial charge < -0.3 is 14.4 Å². The van der Waals surface area contributed by atoms with Gasteiger partial charge in [-0.25, -0.2) is 8.78 Å². The van der Waals surface area contributed by atoms with Gasteiger partial charge in [-0.05, 0) is 56.2 Å². The van der Waals surface area contributed by atoms with Crippen LogP contribution in [0.25, 0.3) is 0 Å². The summed E-state index contributed by atoms with van der Waals surface area (Å²) in [6.07, 6.45) is 2.21. The van der Waals surface area contributed by atoms with E-state index >= 15 is 0 Å². The SMILES string of the molecule is Cc1ncccc1OCC1CCCN1C(=O)c1ccc(OC2CC2(F)F)cc1. The number of pyridine rings is 1. The fraction of sp³-hybridized carbons (Fsp3) is 0.429. The number of hydrogen-bond acceptors (Lipinski definition) is 4. The van der Waals surface area contributed by atoms with E-state index in [0.29, 0.717) is 24.5 Å². The number of hydrogen-bond donors (Lipinski definition) is 0. The quantitative estimate of drug-likeness (QED) is 0.754. The molecular formula is C21H22F2N2O3. The maximum atomic E-state index is 13.0. The molecule has 0 spiro atoms. The van der Waals surface area contributed by atoms with Gasteiger partial charge in [0.05, 0.1) is 18.2 Å². The molecule has 1 saturated heterocycles. The van der Waals surface area contributed by atoms with Crippen LogP contribution in [0, 0.1) is 6.92 Å². The third kappa shape index (κ3) is 3.93. The van der Waals surface area contributed by atoms with E-state index in [-0.39, 0.29) is 18.4 Å². The zero-order valence-corrected chi connectivity index (χ0v) is 15.6. The highest BCUT2D eigenvalue weighted by atomic mass is 19.3. The number of halogens is 2. The Labute approximate surface area is 162 Å². The van der Waals surface area contributed by atoms with Crippen LogP contribution in [0.4, 0.5) is 8.78 Å². The van der Waals surface area contributed by atoms with E-state index in [1.54, 1.807) is 30.5 Å². The first kappa shape index (κ1) is 18.7. The summed E-state index contributed by atoms with van der Waals surface area (Å²) in [5.74, 6) is -1.74. The third-order valence-corrected chi connectivity index (χ3v) is 5.18. The number of aromatic nitrogens is 1. The number of ether oxygens (including phenoxy) is 2. The van der Waals surface area contributed by atoms with E-state index in [9.17, 15) is 13.6 Å². The van der Waals surface area contributed by atoms with Crippen molar-refractivity contribution in [3.8, 4) is 11.5 Å². The Bertz CT molecular complexity index is 857. The maximum absolute atomic E-state index is 13.0. The van der Waals surface area contributed by atoms with Crippen LogP contribution in [-0.2, 0) is 0 Å². The van der Waals surface area contributed by atoms with Crippen LogP contribution in [0.2, 0.25) is 0 Å². The molecule has 2 unspecified atom stereocenters. The molecule has 0 bridgehead atoms. The van der Waals surface area contributed by atoms with Gasteiger partial charge in [-0.1, -0.05) is 0 Å². The summed E-state index contributed by atoms with van der Waals surface area (Å²) in [5, 5.41) is 0. The van der Waals surface area contributed by atoms with Crippen molar-refractivity contribution < 1.29 is 23.0 Å². The number of nitrogens with zero attached hydrogens (tertiary/aromatic N) is 2. The van der Waals surface area contributed by atoms with E-state index in [4.69, 9.17) is 9.47 Å². The standard InChI is InChI=1S/C21H22F2N2O3/c1-14-18(5-2-10-24-14)27-13-16-4-3-11-25(16)20(26)15-6-8-17(9-7-15)28-19-12-21(19,22)23/h2,5-10,16,19H,3-4,11-13H2,1H3. The first-order valence-electron chi connectivity index (χ1n) is 9.44. The average molecular weight is 388 g/mol. The lowest BCUT2D eigenvalue weighted by Crippen LogP contribution is -2.39. The Morgan fingerprint density at radius 1 is 1.29 bits per heavy atom. The second kappa shape index (κ2) is 7.37. The topological polar surface area (TPSA) is 51.7 Å². The normalized spacial score (nSPS) is 22.8. The number of carbonyl (C=O) groups is 1. The number of amides is 1. The predicted octanol–water partition coefficient (Wildman–Crippen LogP) is 3.86. The van der Waals surface area contributed by atoms with Crippen molar-refractivity contribution in [3.63, 3.8) is 0 Å². The van der Waals surface area contributed by atoms with Crippen molar-refractivity contribution in [1.29, 1.82) is 0 Å². The minimum absolute atomic E-state index is 0.00631. The summed E-state index contributed by atoms with van der Waals surface area (Å²) in [6.45, 7) is 2.97. The largest absolute Gasteiger partial charge is 0.490 e. The molecule has 1 aromatic heterocycles. The molecule has 2 heterocycles. The Morgan fingerprint density at radius 3 is 2.71 bits per heavy atom. The van der Waals surface area contributed by atoms with Gasteiger partial charge in [0, 0.05) is 18.3 Å². The maximum Gasteiger partial charge on any atom is 0.288 e. The number of aryl methyl sites for hydroxylation is 1. The van der Waals surface area contributed by atoms with Crippen LogP contribution in [0.15, 0.2) is 42.6 Å². The Kier molecular flexibility index (Phi) is 4.91. The molecule has 1 aromatic carbocycles. The predicted molar refractivity (Wildman–Crippen MR) is 98.9 cm³/mol. The zero-order valence-electron chi connectivity index (χ0n) is 15.6. The van der Waals surface area contributed by atoms with Crippen molar-refractivity contribution in [2.75, 3.05) is 13.2 Å². The molecule has 0 N–H and O–H groups in total. The van der Waals surface area contributed by atoms with Gasteiger partial charge in [0.25, 0.3) is 11.8 Å². The molecular weight excluding hydrogens is 366 g/mol. The Hall–Kier alpha value is -2.70. The molecule has 7 heteroatoms. The smallest absolute Gasteiger partial charge is 0.288 e. The van der Waals surface area contributed by atoms with Crippen molar-refractivity contribution in [3.05, 3.63) is 53.9 Å².